The van der Waals surface area contributed by atoms with Crippen molar-refractivity contribution >= 4 is 32.6 Å². The van der Waals surface area contributed by atoms with Crippen LogP contribution in [0.3, 0.4) is 0 Å². The van der Waals surface area contributed by atoms with Crippen molar-refractivity contribution in [3.05, 3.63) is 54.4 Å². The smallest absolute Gasteiger partial charge is 0.0528 e. The molecule has 0 aliphatic carbocycles. The molecule has 1 saturated heterocycles. The lowest BCUT2D eigenvalue weighted by molar-refractivity contribution is 0.222. The summed E-state index contributed by atoms with van der Waals surface area (Å²) in [4.78, 5) is 6.96. The summed E-state index contributed by atoms with van der Waals surface area (Å²) in [6.07, 6.45) is 7.99. The van der Waals surface area contributed by atoms with Gasteiger partial charge in [-0.2, -0.15) is 0 Å². The number of piperidine rings is 1. The Morgan fingerprint density at radius 2 is 1.77 bits per heavy atom. The molecule has 2 aromatic carbocycles. The molecular weight excluding hydrogens is 318 g/mol. The first-order valence-corrected chi connectivity index (χ1v) is 9.79. The molecule has 4 aromatic rings. The third-order valence-corrected chi connectivity index (χ3v) is 6.01. The number of aryl methyl sites for hydroxylation is 1. The molecule has 0 atom stereocenters. The van der Waals surface area contributed by atoms with Crippen LogP contribution in [0.25, 0.3) is 32.6 Å². The lowest BCUT2D eigenvalue weighted by atomic mass is 10.0. The van der Waals surface area contributed by atoms with Crippen molar-refractivity contribution in [2.45, 2.75) is 32.7 Å². The van der Waals surface area contributed by atoms with E-state index in [2.05, 4.69) is 57.8 Å². The van der Waals surface area contributed by atoms with Crippen LogP contribution in [0.4, 0.5) is 0 Å². The number of aromatic nitrogens is 2. The van der Waals surface area contributed by atoms with Crippen LogP contribution in [0.15, 0.2) is 48.8 Å². The van der Waals surface area contributed by atoms with Gasteiger partial charge in [0, 0.05) is 47.2 Å². The van der Waals surface area contributed by atoms with E-state index < -0.39 is 0 Å². The first-order valence-electron chi connectivity index (χ1n) is 9.79. The van der Waals surface area contributed by atoms with Gasteiger partial charge in [-0.15, -0.1) is 0 Å². The number of benzene rings is 2. The average molecular weight is 343 g/mol. The maximum atomic E-state index is 4.33. The van der Waals surface area contributed by atoms with Crippen LogP contribution in [0.2, 0.25) is 0 Å². The predicted molar refractivity (Wildman–Crippen MR) is 110 cm³/mol. The van der Waals surface area contributed by atoms with Crippen LogP contribution < -0.4 is 0 Å². The van der Waals surface area contributed by atoms with Gasteiger partial charge in [0.15, 0.2) is 0 Å². The summed E-state index contributed by atoms with van der Waals surface area (Å²) < 4.78 is 2.55. The normalized spacial score (nSPS) is 16.0. The average Bonchev–Trinajstić information content (AvgIpc) is 3.01. The van der Waals surface area contributed by atoms with E-state index in [9.17, 15) is 0 Å². The molecule has 26 heavy (non-hydrogen) atoms. The number of fused-ring (bicyclic) bond motifs is 4. The summed E-state index contributed by atoms with van der Waals surface area (Å²) in [7, 11) is 0. The van der Waals surface area contributed by atoms with Gasteiger partial charge in [0.1, 0.15) is 0 Å². The van der Waals surface area contributed by atoms with Crippen molar-refractivity contribution < 1.29 is 0 Å². The molecule has 3 nitrogen and oxygen atoms in total. The molecule has 1 fully saturated rings. The van der Waals surface area contributed by atoms with E-state index in [-0.39, 0.29) is 0 Å². The van der Waals surface area contributed by atoms with Gasteiger partial charge in [-0.3, -0.25) is 4.98 Å². The zero-order chi connectivity index (χ0) is 17.5. The van der Waals surface area contributed by atoms with Gasteiger partial charge < -0.3 is 9.47 Å². The minimum Gasteiger partial charge on any atom is -0.339 e. The highest BCUT2D eigenvalue weighted by molar-refractivity contribution is 6.14. The number of hydrogen-bond donors (Lipinski definition) is 0. The second-order valence-corrected chi connectivity index (χ2v) is 7.57. The molecule has 0 spiro atoms. The molecule has 3 heteroatoms. The van der Waals surface area contributed by atoms with Crippen molar-refractivity contribution in [2.24, 2.45) is 0 Å². The van der Waals surface area contributed by atoms with Crippen LogP contribution in [-0.4, -0.2) is 34.1 Å². The van der Waals surface area contributed by atoms with E-state index in [4.69, 9.17) is 0 Å². The fourth-order valence-corrected chi connectivity index (χ4v) is 4.68. The zero-order valence-electron chi connectivity index (χ0n) is 15.4. The van der Waals surface area contributed by atoms with Gasteiger partial charge in [-0.25, -0.2) is 0 Å². The summed E-state index contributed by atoms with van der Waals surface area (Å²) in [5.41, 5.74) is 4.11. The first-order chi connectivity index (χ1) is 12.8. The summed E-state index contributed by atoms with van der Waals surface area (Å²) in [5.74, 6) is 0. The molecule has 0 N–H and O–H groups in total. The number of para-hydroxylation sites is 1. The van der Waals surface area contributed by atoms with Crippen LogP contribution in [0, 0.1) is 6.92 Å². The summed E-state index contributed by atoms with van der Waals surface area (Å²) in [5, 5.41) is 5.26. The number of hydrogen-bond acceptors (Lipinski definition) is 2. The quantitative estimate of drug-likeness (QED) is 0.514. The number of rotatable bonds is 3. The van der Waals surface area contributed by atoms with E-state index in [0.29, 0.717) is 0 Å². The first kappa shape index (κ1) is 15.8. The zero-order valence-corrected chi connectivity index (χ0v) is 15.4. The lowest BCUT2D eigenvalue weighted by Gasteiger charge is -2.26. The van der Waals surface area contributed by atoms with E-state index in [1.165, 1.54) is 70.5 Å². The molecule has 132 valence electrons. The van der Waals surface area contributed by atoms with Gasteiger partial charge >= 0.3 is 0 Å². The van der Waals surface area contributed by atoms with Crippen LogP contribution >= 0.6 is 0 Å². The Kier molecular flexibility index (Phi) is 3.90. The van der Waals surface area contributed by atoms with Gasteiger partial charge in [-0.1, -0.05) is 24.6 Å². The van der Waals surface area contributed by atoms with Crippen LogP contribution in [-0.2, 0) is 6.54 Å². The third-order valence-electron chi connectivity index (χ3n) is 6.01. The minimum atomic E-state index is 1.06. The highest BCUT2D eigenvalue weighted by Gasteiger charge is 2.16. The fourth-order valence-electron chi connectivity index (χ4n) is 4.68. The highest BCUT2D eigenvalue weighted by atomic mass is 15.1. The Morgan fingerprint density at radius 1 is 0.923 bits per heavy atom. The van der Waals surface area contributed by atoms with Gasteiger partial charge in [-0.05, 0) is 62.0 Å². The second kappa shape index (κ2) is 6.40. The van der Waals surface area contributed by atoms with Crippen molar-refractivity contribution in [1.29, 1.82) is 0 Å². The molecule has 1 aliphatic heterocycles. The summed E-state index contributed by atoms with van der Waals surface area (Å²) in [6.45, 7) is 6.97. The molecule has 2 aromatic heterocycles. The molecule has 0 amide bonds. The van der Waals surface area contributed by atoms with E-state index in [0.717, 1.165) is 13.1 Å². The minimum absolute atomic E-state index is 1.06. The standard InChI is InChI=1S/C23H25N3/c1-17-19-9-10-24-16-18(19)15-21-20-7-3-4-8-22(20)26(23(17)21)14-13-25-11-5-2-6-12-25/h3-4,7-10,15-16H,2,5-6,11-14H2,1H3. The molecule has 0 saturated carbocycles. The Balaban J connectivity index is 1.70. The van der Waals surface area contributed by atoms with Crippen molar-refractivity contribution in [3.8, 4) is 0 Å². The number of likely N-dealkylation sites (tertiary alicyclic amines) is 1. The Labute approximate surface area is 154 Å². The van der Waals surface area contributed by atoms with Crippen LogP contribution in [0.5, 0.6) is 0 Å². The number of nitrogens with zero attached hydrogens (tertiary/aromatic N) is 3. The topological polar surface area (TPSA) is 21.1 Å². The van der Waals surface area contributed by atoms with Gasteiger partial charge in [0.05, 0.1) is 5.52 Å². The lowest BCUT2D eigenvalue weighted by Crippen LogP contribution is -2.32. The van der Waals surface area contributed by atoms with E-state index in [1.54, 1.807) is 0 Å². The van der Waals surface area contributed by atoms with E-state index >= 15 is 0 Å². The second-order valence-electron chi connectivity index (χ2n) is 7.57. The van der Waals surface area contributed by atoms with Crippen molar-refractivity contribution in [3.63, 3.8) is 0 Å². The molecular formula is C23H25N3. The predicted octanol–water partition coefficient (Wildman–Crippen LogP) is 5.14. The molecule has 0 bridgehead atoms. The highest BCUT2D eigenvalue weighted by Crippen LogP contribution is 2.35. The molecule has 5 rings (SSSR count). The molecule has 1 aliphatic rings. The van der Waals surface area contributed by atoms with E-state index in [1.807, 2.05) is 12.4 Å². The monoisotopic (exact) mass is 343 g/mol. The van der Waals surface area contributed by atoms with Gasteiger partial charge in [0.2, 0.25) is 0 Å². The Bertz CT molecular complexity index is 1090. The van der Waals surface area contributed by atoms with Crippen molar-refractivity contribution in [1.82, 2.24) is 14.5 Å². The fraction of sp³-hybridized carbons (Fsp3) is 0.348. The maximum absolute atomic E-state index is 4.33. The maximum Gasteiger partial charge on any atom is 0.0528 e. The number of pyridine rings is 1. The Hall–Kier alpha value is -2.39. The van der Waals surface area contributed by atoms with Crippen molar-refractivity contribution in [2.75, 3.05) is 19.6 Å². The third kappa shape index (κ3) is 2.50. The molecule has 0 unspecified atom stereocenters. The SMILES string of the molecule is Cc1c2ccncc2cc2c3ccccc3n(CCN3CCCCC3)c12. The largest absolute Gasteiger partial charge is 0.339 e. The van der Waals surface area contributed by atoms with Crippen LogP contribution in [0.1, 0.15) is 24.8 Å². The molecule has 0 radical (unpaired) electrons. The summed E-state index contributed by atoms with van der Waals surface area (Å²) >= 11 is 0. The van der Waals surface area contributed by atoms with Gasteiger partial charge in [0.25, 0.3) is 0 Å². The molecule has 3 heterocycles. The summed E-state index contributed by atoms with van der Waals surface area (Å²) in [6, 6.07) is 13.3. The Morgan fingerprint density at radius 3 is 2.65 bits per heavy atom.